The molecule has 1 aromatic rings. The van der Waals surface area contributed by atoms with Crippen molar-refractivity contribution in [2.75, 3.05) is 5.32 Å². The fourth-order valence-corrected chi connectivity index (χ4v) is 1.71. The van der Waals surface area contributed by atoms with Gasteiger partial charge in [0.15, 0.2) is 0 Å². The van der Waals surface area contributed by atoms with Crippen molar-refractivity contribution >= 4 is 34.8 Å². The van der Waals surface area contributed by atoms with Crippen LogP contribution >= 0.6 is 23.2 Å². The Hall–Kier alpha value is -0.770. The molecule has 5 heteroatoms. The Morgan fingerprint density at radius 3 is 2.75 bits per heavy atom. The number of benzene rings is 1. The lowest BCUT2D eigenvalue weighted by Gasteiger charge is -2.12. The van der Waals surface area contributed by atoms with Crippen LogP contribution in [0.15, 0.2) is 18.2 Å². The molecule has 1 rings (SSSR count). The Balaban J connectivity index is 2.69. The number of nitrogens with one attached hydrogen (secondary N) is 1. The summed E-state index contributed by atoms with van der Waals surface area (Å²) in [5.41, 5.74) is 6.20. The monoisotopic (exact) mass is 260 g/mol. The van der Waals surface area contributed by atoms with Gasteiger partial charge in [-0.15, -0.1) is 0 Å². The SMILES string of the molecule is CCC[C@@H](N)C(=O)Nc1ccc(Cl)cc1Cl. The Bertz CT molecular complexity index is 382. The van der Waals surface area contributed by atoms with E-state index >= 15 is 0 Å². The van der Waals surface area contributed by atoms with E-state index < -0.39 is 6.04 Å². The number of hydrogen-bond acceptors (Lipinski definition) is 2. The van der Waals surface area contributed by atoms with E-state index in [1.807, 2.05) is 6.92 Å². The molecular weight excluding hydrogens is 247 g/mol. The number of anilines is 1. The highest BCUT2D eigenvalue weighted by atomic mass is 35.5. The minimum Gasteiger partial charge on any atom is -0.323 e. The fraction of sp³-hybridized carbons (Fsp3) is 0.364. The molecule has 0 radical (unpaired) electrons. The van der Waals surface area contributed by atoms with Crippen molar-refractivity contribution in [3.8, 4) is 0 Å². The van der Waals surface area contributed by atoms with Crippen LogP contribution in [-0.2, 0) is 4.79 Å². The highest BCUT2D eigenvalue weighted by Crippen LogP contribution is 2.25. The summed E-state index contributed by atoms with van der Waals surface area (Å²) in [4.78, 5) is 11.6. The lowest BCUT2D eigenvalue weighted by atomic mass is 10.1. The zero-order chi connectivity index (χ0) is 12.1. The number of carbonyl (C=O) groups excluding carboxylic acids is 1. The summed E-state index contributed by atoms with van der Waals surface area (Å²) in [6, 6.07) is 4.39. The van der Waals surface area contributed by atoms with Crippen LogP contribution in [0.1, 0.15) is 19.8 Å². The number of amides is 1. The Labute approximate surface area is 105 Å². The lowest BCUT2D eigenvalue weighted by molar-refractivity contribution is -0.117. The molecule has 88 valence electrons. The molecule has 3 nitrogen and oxygen atoms in total. The van der Waals surface area contributed by atoms with Crippen molar-refractivity contribution in [3.05, 3.63) is 28.2 Å². The molecule has 0 spiro atoms. The predicted molar refractivity (Wildman–Crippen MR) is 68.0 cm³/mol. The molecule has 0 heterocycles. The minimum absolute atomic E-state index is 0.230. The van der Waals surface area contributed by atoms with Crippen LogP contribution in [-0.4, -0.2) is 11.9 Å². The normalized spacial score (nSPS) is 12.2. The van der Waals surface area contributed by atoms with Gasteiger partial charge in [-0.05, 0) is 24.6 Å². The van der Waals surface area contributed by atoms with Gasteiger partial charge in [0.2, 0.25) is 5.91 Å². The standard InChI is InChI=1S/C11H14Cl2N2O/c1-2-3-9(14)11(16)15-10-5-4-7(12)6-8(10)13/h4-6,9H,2-3,14H2,1H3,(H,15,16)/t9-/m1/s1. The first-order valence-electron chi connectivity index (χ1n) is 5.06. The molecule has 3 N–H and O–H groups in total. The Morgan fingerprint density at radius 1 is 1.50 bits per heavy atom. The second-order valence-electron chi connectivity index (χ2n) is 3.51. The van der Waals surface area contributed by atoms with Gasteiger partial charge in [-0.3, -0.25) is 4.79 Å². The number of hydrogen-bond donors (Lipinski definition) is 2. The van der Waals surface area contributed by atoms with Gasteiger partial charge in [-0.1, -0.05) is 36.5 Å². The largest absolute Gasteiger partial charge is 0.323 e. The summed E-state index contributed by atoms with van der Waals surface area (Å²) in [5.74, 6) is -0.230. The first-order valence-corrected chi connectivity index (χ1v) is 5.81. The zero-order valence-electron chi connectivity index (χ0n) is 8.97. The third-order valence-corrected chi connectivity index (χ3v) is 2.67. The van der Waals surface area contributed by atoms with Crippen molar-refractivity contribution in [1.82, 2.24) is 0 Å². The topological polar surface area (TPSA) is 55.1 Å². The zero-order valence-corrected chi connectivity index (χ0v) is 10.5. The van der Waals surface area contributed by atoms with Crippen molar-refractivity contribution in [1.29, 1.82) is 0 Å². The van der Waals surface area contributed by atoms with E-state index in [-0.39, 0.29) is 5.91 Å². The molecule has 0 aliphatic heterocycles. The van der Waals surface area contributed by atoms with Gasteiger partial charge in [0.25, 0.3) is 0 Å². The molecule has 0 saturated heterocycles. The van der Waals surface area contributed by atoms with Gasteiger partial charge in [0.05, 0.1) is 16.8 Å². The molecule has 1 aromatic carbocycles. The number of halogens is 2. The maximum atomic E-state index is 11.6. The van der Waals surface area contributed by atoms with E-state index in [9.17, 15) is 4.79 Å². The predicted octanol–water partition coefficient (Wildman–Crippen LogP) is 3.06. The second kappa shape index (κ2) is 6.09. The van der Waals surface area contributed by atoms with Gasteiger partial charge in [-0.2, -0.15) is 0 Å². The molecule has 0 aliphatic carbocycles. The Morgan fingerprint density at radius 2 is 2.19 bits per heavy atom. The molecule has 16 heavy (non-hydrogen) atoms. The molecular formula is C11H14Cl2N2O. The van der Waals surface area contributed by atoms with Gasteiger partial charge in [-0.25, -0.2) is 0 Å². The first kappa shape index (κ1) is 13.3. The second-order valence-corrected chi connectivity index (χ2v) is 4.35. The van der Waals surface area contributed by atoms with E-state index in [4.69, 9.17) is 28.9 Å². The number of nitrogens with two attached hydrogens (primary N) is 1. The fourth-order valence-electron chi connectivity index (χ4n) is 1.26. The first-order chi connectivity index (χ1) is 7.54. The van der Waals surface area contributed by atoms with E-state index in [1.165, 1.54) is 0 Å². The summed E-state index contributed by atoms with van der Waals surface area (Å²) in [6.07, 6.45) is 1.51. The molecule has 0 aliphatic rings. The molecule has 0 fully saturated rings. The maximum absolute atomic E-state index is 11.6. The van der Waals surface area contributed by atoms with E-state index in [0.29, 0.717) is 22.2 Å². The van der Waals surface area contributed by atoms with Gasteiger partial charge >= 0.3 is 0 Å². The van der Waals surface area contributed by atoms with Crippen molar-refractivity contribution < 1.29 is 4.79 Å². The van der Waals surface area contributed by atoms with E-state index in [0.717, 1.165) is 6.42 Å². The Kier molecular flexibility index (Phi) is 5.06. The van der Waals surface area contributed by atoms with Crippen molar-refractivity contribution in [2.24, 2.45) is 5.73 Å². The number of rotatable bonds is 4. The average Bonchev–Trinajstić information content (AvgIpc) is 2.22. The minimum atomic E-state index is -0.503. The molecule has 0 saturated carbocycles. The highest BCUT2D eigenvalue weighted by Gasteiger charge is 2.13. The molecule has 1 amide bonds. The van der Waals surface area contributed by atoms with Gasteiger partial charge < -0.3 is 11.1 Å². The van der Waals surface area contributed by atoms with Crippen LogP contribution in [0.5, 0.6) is 0 Å². The van der Waals surface area contributed by atoms with Crippen LogP contribution in [0, 0.1) is 0 Å². The quantitative estimate of drug-likeness (QED) is 0.875. The summed E-state index contributed by atoms with van der Waals surface area (Å²) in [5, 5.41) is 3.60. The van der Waals surface area contributed by atoms with Gasteiger partial charge in [0.1, 0.15) is 0 Å². The summed E-state index contributed by atoms with van der Waals surface area (Å²) >= 11 is 11.7. The number of carbonyl (C=O) groups is 1. The molecule has 0 bridgehead atoms. The van der Waals surface area contributed by atoms with Crippen molar-refractivity contribution in [2.45, 2.75) is 25.8 Å². The molecule has 0 unspecified atom stereocenters. The molecule has 0 aromatic heterocycles. The van der Waals surface area contributed by atoms with Crippen LogP contribution in [0.2, 0.25) is 10.0 Å². The van der Waals surface area contributed by atoms with Crippen LogP contribution in [0.25, 0.3) is 0 Å². The van der Waals surface area contributed by atoms with E-state index in [1.54, 1.807) is 18.2 Å². The van der Waals surface area contributed by atoms with E-state index in [2.05, 4.69) is 5.32 Å². The highest BCUT2D eigenvalue weighted by molar-refractivity contribution is 6.36. The van der Waals surface area contributed by atoms with Crippen LogP contribution in [0.3, 0.4) is 0 Å². The summed E-state index contributed by atoms with van der Waals surface area (Å²) in [7, 11) is 0. The van der Waals surface area contributed by atoms with Crippen LogP contribution < -0.4 is 11.1 Å². The van der Waals surface area contributed by atoms with Gasteiger partial charge in [0, 0.05) is 5.02 Å². The maximum Gasteiger partial charge on any atom is 0.241 e. The lowest BCUT2D eigenvalue weighted by Crippen LogP contribution is -2.35. The van der Waals surface area contributed by atoms with Crippen LogP contribution in [0.4, 0.5) is 5.69 Å². The average molecular weight is 261 g/mol. The summed E-state index contributed by atoms with van der Waals surface area (Å²) < 4.78 is 0. The third kappa shape index (κ3) is 3.67. The smallest absolute Gasteiger partial charge is 0.241 e. The third-order valence-electron chi connectivity index (χ3n) is 2.13. The molecule has 1 atom stereocenters. The summed E-state index contributed by atoms with van der Waals surface area (Å²) in [6.45, 7) is 1.97. The van der Waals surface area contributed by atoms with Crippen molar-refractivity contribution in [3.63, 3.8) is 0 Å².